The van der Waals surface area contributed by atoms with Gasteiger partial charge in [0.15, 0.2) is 6.29 Å². The molecule has 0 aliphatic rings. The van der Waals surface area contributed by atoms with E-state index in [9.17, 15) is 4.79 Å². The Hall–Kier alpha value is -2.23. The van der Waals surface area contributed by atoms with Crippen LogP contribution in [0.5, 0.6) is 5.75 Å². The molecule has 0 bridgehead atoms. The van der Waals surface area contributed by atoms with Gasteiger partial charge in [-0.3, -0.25) is 4.79 Å². The number of aldehydes is 1. The molecule has 3 aromatic rings. The minimum atomic E-state index is 0.575. The van der Waals surface area contributed by atoms with E-state index in [0.29, 0.717) is 5.69 Å². The van der Waals surface area contributed by atoms with Gasteiger partial charge in [-0.15, -0.1) is 0 Å². The van der Waals surface area contributed by atoms with Crippen molar-refractivity contribution in [2.24, 2.45) is 0 Å². The fourth-order valence-electron chi connectivity index (χ4n) is 2.02. The Morgan fingerprint density at radius 1 is 1.25 bits per heavy atom. The first-order chi connectivity index (χ1) is 7.83. The van der Waals surface area contributed by atoms with Crippen LogP contribution in [-0.4, -0.2) is 23.4 Å². The molecule has 1 aromatic carbocycles. The number of carbonyl (C=O) groups excluding carboxylic acids is 1. The molecule has 0 fully saturated rings. The van der Waals surface area contributed by atoms with Gasteiger partial charge in [-0.1, -0.05) is 12.1 Å². The van der Waals surface area contributed by atoms with E-state index in [0.717, 1.165) is 34.0 Å². The van der Waals surface area contributed by atoms with Gasteiger partial charge in [0.25, 0.3) is 0 Å². The third-order valence-electron chi connectivity index (χ3n) is 2.74. The highest BCUT2D eigenvalue weighted by atomic mass is 16.5. The fourth-order valence-corrected chi connectivity index (χ4v) is 2.02. The van der Waals surface area contributed by atoms with E-state index in [4.69, 9.17) is 4.74 Å². The summed E-state index contributed by atoms with van der Waals surface area (Å²) in [6.45, 7) is 0. The second kappa shape index (κ2) is 3.13. The number of nitrogens with one attached hydrogen (secondary N) is 2. The van der Waals surface area contributed by atoms with Crippen molar-refractivity contribution < 1.29 is 9.53 Å². The highest BCUT2D eigenvalue weighted by molar-refractivity contribution is 6.08. The summed E-state index contributed by atoms with van der Waals surface area (Å²) in [7, 11) is 1.64. The highest BCUT2D eigenvalue weighted by Gasteiger charge is 2.10. The van der Waals surface area contributed by atoms with Crippen LogP contribution in [0.1, 0.15) is 10.5 Å². The number of para-hydroxylation sites is 1. The first-order valence-corrected chi connectivity index (χ1v) is 4.96. The SMILES string of the molecule is COc1cccc2c1[nH]c1cc(C=O)[nH]c12. The Balaban J connectivity index is 2.43. The average molecular weight is 214 g/mol. The van der Waals surface area contributed by atoms with Crippen molar-refractivity contribution in [3.8, 4) is 5.75 Å². The van der Waals surface area contributed by atoms with Gasteiger partial charge in [0.05, 0.1) is 29.4 Å². The number of ether oxygens (including phenoxy) is 1. The third kappa shape index (κ3) is 1.07. The molecule has 2 N–H and O–H groups in total. The number of hydrogen-bond donors (Lipinski definition) is 2. The highest BCUT2D eigenvalue weighted by Crippen LogP contribution is 2.31. The van der Waals surface area contributed by atoms with Crippen LogP contribution in [0.15, 0.2) is 24.3 Å². The molecule has 0 aliphatic carbocycles. The van der Waals surface area contributed by atoms with E-state index < -0.39 is 0 Å². The summed E-state index contributed by atoms with van der Waals surface area (Å²) >= 11 is 0. The quantitative estimate of drug-likeness (QED) is 0.644. The van der Waals surface area contributed by atoms with Crippen LogP contribution in [0.4, 0.5) is 0 Å². The maximum atomic E-state index is 10.7. The summed E-state index contributed by atoms with van der Waals surface area (Å²) in [5.41, 5.74) is 3.38. The number of carbonyl (C=O) groups is 1. The molecule has 0 amide bonds. The Morgan fingerprint density at radius 3 is 2.88 bits per heavy atom. The predicted molar refractivity (Wildman–Crippen MR) is 62.1 cm³/mol. The smallest absolute Gasteiger partial charge is 0.166 e. The van der Waals surface area contributed by atoms with Gasteiger partial charge in [0.2, 0.25) is 0 Å². The van der Waals surface area contributed by atoms with Gasteiger partial charge in [0.1, 0.15) is 5.75 Å². The lowest BCUT2D eigenvalue weighted by atomic mass is 10.2. The minimum absolute atomic E-state index is 0.575. The Bertz CT molecular complexity index is 679. The van der Waals surface area contributed by atoms with Crippen molar-refractivity contribution in [3.05, 3.63) is 30.0 Å². The molecule has 0 radical (unpaired) electrons. The Kier molecular flexibility index (Phi) is 1.77. The third-order valence-corrected chi connectivity index (χ3v) is 2.74. The summed E-state index contributed by atoms with van der Waals surface area (Å²) in [6, 6.07) is 7.61. The molecular weight excluding hydrogens is 204 g/mol. The molecule has 0 spiro atoms. The molecule has 0 atom stereocenters. The van der Waals surface area contributed by atoms with Crippen LogP contribution >= 0.6 is 0 Å². The number of fused-ring (bicyclic) bond motifs is 3. The summed E-state index contributed by atoms with van der Waals surface area (Å²) in [5.74, 6) is 0.801. The van der Waals surface area contributed by atoms with Crippen LogP contribution in [0.25, 0.3) is 21.9 Å². The number of hydrogen-bond acceptors (Lipinski definition) is 2. The zero-order chi connectivity index (χ0) is 11.1. The van der Waals surface area contributed by atoms with Crippen molar-refractivity contribution in [1.82, 2.24) is 9.97 Å². The van der Waals surface area contributed by atoms with E-state index >= 15 is 0 Å². The van der Waals surface area contributed by atoms with Crippen molar-refractivity contribution in [2.45, 2.75) is 0 Å². The van der Waals surface area contributed by atoms with E-state index in [2.05, 4.69) is 9.97 Å². The van der Waals surface area contributed by atoms with Gasteiger partial charge >= 0.3 is 0 Å². The second-order valence-electron chi connectivity index (χ2n) is 3.64. The molecule has 2 aromatic heterocycles. The number of benzene rings is 1. The Morgan fingerprint density at radius 2 is 2.12 bits per heavy atom. The molecule has 0 unspecified atom stereocenters. The van der Waals surface area contributed by atoms with Crippen LogP contribution in [-0.2, 0) is 0 Å². The van der Waals surface area contributed by atoms with Crippen LogP contribution in [0.3, 0.4) is 0 Å². The lowest BCUT2D eigenvalue weighted by Crippen LogP contribution is -1.83. The standard InChI is InChI=1S/C12H10N2O2/c1-16-10-4-2-3-8-11-9(14-12(8)10)5-7(6-15)13-11/h2-6,13-14H,1H3. The van der Waals surface area contributed by atoms with Crippen molar-refractivity contribution in [3.63, 3.8) is 0 Å². The Labute approximate surface area is 91.2 Å². The topological polar surface area (TPSA) is 57.9 Å². The maximum absolute atomic E-state index is 10.7. The number of rotatable bonds is 2. The molecule has 0 saturated heterocycles. The lowest BCUT2D eigenvalue weighted by Gasteiger charge is -2.00. The molecule has 4 heteroatoms. The molecular formula is C12H10N2O2. The normalized spacial score (nSPS) is 11.1. The first kappa shape index (κ1) is 9.03. The molecule has 80 valence electrons. The predicted octanol–water partition coefficient (Wildman–Crippen LogP) is 2.47. The number of H-pyrrole nitrogens is 2. The minimum Gasteiger partial charge on any atom is -0.495 e. The first-order valence-electron chi connectivity index (χ1n) is 4.96. The fraction of sp³-hybridized carbons (Fsp3) is 0.0833. The zero-order valence-electron chi connectivity index (χ0n) is 8.70. The maximum Gasteiger partial charge on any atom is 0.166 e. The van der Waals surface area contributed by atoms with Gasteiger partial charge in [-0.2, -0.15) is 0 Å². The van der Waals surface area contributed by atoms with Crippen LogP contribution in [0, 0.1) is 0 Å². The van der Waals surface area contributed by atoms with Crippen molar-refractivity contribution in [2.75, 3.05) is 7.11 Å². The van der Waals surface area contributed by atoms with Crippen molar-refractivity contribution in [1.29, 1.82) is 0 Å². The molecule has 0 aliphatic heterocycles. The van der Waals surface area contributed by atoms with Gasteiger partial charge in [-0.25, -0.2) is 0 Å². The van der Waals surface area contributed by atoms with E-state index in [1.165, 1.54) is 0 Å². The summed E-state index contributed by atoms with van der Waals surface area (Å²) in [4.78, 5) is 17.0. The summed E-state index contributed by atoms with van der Waals surface area (Å²) in [6.07, 6.45) is 0.805. The number of methoxy groups -OCH3 is 1. The molecule has 2 heterocycles. The van der Waals surface area contributed by atoms with Crippen molar-refractivity contribution >= 4 is 28.2 Å². The number of aromatic nitrogens is 2. The van der Waals surface area contributed by atoms with Gasteiger partial charge in [-0.05, 0) is 12.1 Å². The molecule has 4 nitrogen and oxygen atoms in total. The number of aromatic amines is 2. The molecule has 3 rings (SSSR count). The monoisotopic (exact) mass is 214 g/mol. The average Bonchev–Trinajstić information content (AvgIpc) is 2.85. The van der Waals surface area contributed by atoms with E-state index in [-0.39, 0.29) is 0 Å². The van der Waals surface area contributed by atoms with Crippen LogP contribution in [0.2, 0.25) is 0 Å². The molecule has 0 saturated carbocycles. The summed E-state index contributed by atoms with van der Waals surface area (Å²) in [5, 5.41) is 1.03. The van der Waals surface area contributed by atoms with Gasteiger partial charge in [0, 0.05) is 5.39 Å². The largest absolute Gasteiger partial charge is 0.495 e. The van der Waals surface area contributed by atoms with Gasteiger partial charge < -0.3 is 14.7 Å². The summed E-state index contributed by atoms with van der Waals surface area (Å²) < 4.78 is 5.27. The van der Waals surface area contributed by atoms with Crippen LogP contribution < -0.4 is 4.74 Å². The lowest BCUT2D eigenvalue weighted by molar-refractivity contribution is 0.112. The second-order valence-corrected chi connectivity index (χ2v) is 3.64. The van der Waals surface area contributed by atoms with E-state index in [1.54, 1.807) is 13.2 Å². The molecule has 16 heavy (non-hydrogen) atoms. The van der Waals surface area contributed by atoms with E-state index in [1.807, 2.05) is 18.2 Å². The zero-order valence-corrected chi connectivity index (χ0v) is 8.70.